The number of aliphatic hydroxyl groups excluding tert-OH is 1. The van der Waals surface area contributed by atoms with E-state index in [0.29, 0.717) is 0 Å². The van der Waals surface area contributed by atoms with Gasteiger partial charge in [-0.15, -0.1) is 0 Å². The predicted molar refractivity (Wildman–Crippen MR) is 24.3 cm³/mol. The van der Waals surface area contributed by atoms with Crippen LogP contribution in [-0.2, 0) is 4.74 Å². The highest BCUT2D eigenvalue weighted by molar-refractivity contribution is 5.06. The fourth-order valence-electron chi connectivity index (χ4n) is 0.391. The van der Waals surface area contributed by atoms with Crippen LogP contribution in [0.25, 0.3) is 0 Å². The van der Waals surface area contributed by atoms with Crippen molar-refractivity contribution in [3.8, 4) is 0 Å². The molecule has 0 aromatic rings. The van der Waals surface area contributed by atoms with Gasteiger partial charge in [0.05, 0.1) is 18.6 Å². The van der Waals surface area contributed by atoms with Crippen molar-refractivity contribution < 1.29 is 14.9 Å². The molecule has 0 radical (unpaired) electrons. The van der Waals surface area contributed by atoms with Crippen LogP contribution in [0.3, 0.4) is 0 Å². The SMILES string of the molecule is [O-]C1=COC=CC1O. The van der Waals surface area contributed by atoms with Crippen LogP contribution in [0.1, 0.15) is 0 Å². The highest BCUT2D eigenvalue weighted by Crippen LogP contribution is 2.01. The average Bonchev–Trinajstić information content (AvgIpc) is 1.77. The summed E-state index contributed by atoms with van der Waals surface area (Å²) in [6.07, 6.45) is 2.53. The zero-order chi connectivity index (χ0) is 5.98. The number of rotatable bonds is 0. The third-order valence-electron chi connectivity index (χ3n) is 0.815. The lowest BCUT2D eigenvalue weighted by molar-refractivity contribution is -0.320. The lowest BCUT2D eigenvalue weighted by Crippen LogP contribution is -2.20. The van der Waals surface area contributed by atoms with Gasteiger partial charge in [0.25, 0.3) is 0 Å². The van der Waals surface area contributed by atoms with Crippen LogP contribution in [0.4, 0.5) is 0 Å². The summed E-state index contributed by atoms with van der Waals surface area (Å²) in [5.41, 5.74) is 0. The Morgan fingerprint density at radius 3 is 2.88 bits per heavy atom. The summed E-state index contributed by atoms with van der Waals surface area (Å²) < 4.78 is 4.44. The minimum absolute atomic E-state index is 0.410. The monoisotopic (exact) mass is 113 g/mol. The first-order valence-electron chi connectivity index (χ1n) is 2.18. The molecule has 0 aromatic carbocycles. The molecule has 0 aromatic heterocycles. The molecule has 0 saturated heterocycles. The van der Waals surface area contributed by atoms with Crippen LogP contribution < -0.4 is 5.11 Å². The van der Waals surface area contributed by atoms with E-state index in [4.69, 9.17) is 5.11 Å². The molecule has 44 valence electrons. The second-order valence-corrected chi connectivity index (χ2v) is 1.43. The molecular weight excluding hydrogens is 108 g/mol. The highest BCUT2D eigenvalue weighted by atomic mass is 16.5. The Kier molecular flexibility index (Phi) is 1.22. The molecule has 0 spiro atoms. The van der Waals surface area contributed by atoms with Gasteiger partial charge in [0, 0.05) is 0 Å². The Morgan fingerprint density at radius 1 is 1.75 bits per heavy atom. The molecular formula is C5H5O3-. The van der Waals surface area contributed by atoms with E-state index < -0.39 is 11.9 Å². The van der Waals surface area contributed by atoms with Crippen LogP contribution >= 0.6 is 0 Å². The van der Waals surface area contributed by atoms with E-state index in [2.05, 4.69) is 4.74 Å². The Labute approximate surface area is 46.5 Å². The van der Waals surface area contributed by atoms with Gasteiger partial charge < -0.3 is 14.9 Å². The Bertz CT molecular complexity index is 137. The molecule has 1 rings (SSSR count). The Hall–Kier alpha value is -0.960. The van der Waals surface area contributed by atoms with Crippen molar-refractivity contribution in [3.63, 3.8) is 0 Å². The molecule has 1 unspecified atom stereocenters. The van der Waals surface area contributed by atoms with Crippen LogP contribution in [0.5, 0.6) is 0 Å². The van der Waals surface area contributed by atoms with E-state index in [1.165, 1.54) is 12.3 Å². The van der Waals surface area contributed by atoms with E-state index in [9.17, 15) is 5.11 Å². The summed E-state index contributed by atoms with van der Waals surface area (Å²) in [6.45, 7) is 0. The third kappa shape index (κ3) is 0.816. The molecule has 0 aliphatic carbocycles. The van der Waals surface area contributed by atoms with Crippen molar-refractivity contribution in [2.24, 2.45) is 0 Å². The van der Waals surface area contributed by atoms with Crippen molar-refractivity contribution in [2.45, 2.75) is 6.10 Å². The first kappa shape index (κ1) is 5.18. The van der Waals surface area contributed by atoms with Crippen LogP contribution in [-0.4, -0.2) is 11.2 Å². The summed E-state index contributed by atoms with van der Waals surface area (Å²) in [7, 11) is 0. The second-order valence-electron chi connectivity index (χ2n) is 1.43. The third-order valence-corrected chi connectivity index (χ3v) is 0.815. The van der Waals surface area contributed by atoms with E-state index in [0.717, 1.165) is 6.26 Å². The molecule has 1 aliphatic rings. The number of ether oxygens (including phenoxy) is 1. The van der Waals surface area contributed by atoms with Gasteiger partial charge in [0.1, 0.15) is 0 Å². The van der Waals surface area contributed by atoms with E-state index in [1.807, 2.05) is 0 Å². The topological polar surface area (TPSA) is 52.5 Å². The van der Waals surface area contributed by atoms with Crippen LogP contribution in [0, 0.1) is 0 Å². The van der Waals surface area contributed by atoms with E-state index >= 15 is 0 Å². The Morgan fingerprint density at radius 2 is 2.50 bits per heavy atom. The Balaban J connectivity index is 2.63. The summed E-state index contributed by atoms with van der Waals surface area (Å²) in [6, 6.07) is 0. The number of hydrogen-bond donors (Lipinski definition) is 1. The lowest BCUT2D eigenvalue weighted by Gasteiger charge is -2.17. The average molecular weight is 113 g/mol. The molecule has 1 atom stereocenters. The molecule has 0 bridgehead atoms. The summed E-state index contributed by atoms with van der Waals surface area (Å²) in [5, 5.41) is 18.9. The first-order chi connectivity index (χ1) is 3.80. The molecule has 3 nitrogen and oxygen atoms in total. The molecule has 1 heterocycles. The number of aliphatic hydroxyl groups is 1. The van der Waals surface area contributed by atoms with Gasteiger partial charge in [0.15, 0.2) is 0 Å². The van der Waals surface area contributed by atoms with Crippen LogP contribution in [0.2, 0.25) is 0 Å². The van der Waals surface area contributed by atoms with Gasteiger partial charge in [-0.2, -0.15) is 0 Å². The van der Waals surface area contributed by atoms with Crippen molar-refractivity contribution in [2.75, 3.05) is 0 Å². The van der Waals surface area contributed by atoms with Gasteiger partial charge in [-0.3, -0.25) is 0 Å². The molecule has 0 saturated carbocycles. The molecule has 3 heteroatoms. The highest BCUT2D eigenvalue weighted by Gasteiger charge is 1.98. The zero-order valence-corrected chi connectivity index (χ0v) is 4.07. The minimum atomic E-state index is -0.997. The zero-order valence-electron chi connectivity index (χ0n) is 4.07. The van der Waals surface area contributed by atoms with Gasteiger partial charge in [0.2, 0.25) is 0 Å². The molecule has 0 fully saturated rings. The van der Waals surface area contributed by atoms with Crippen LogP contribution in [0.15, 0.2) is 24.4 Å². The second kappa shape index (κ2) is 1.88. The lowest BCUT2D eigenvalue weighted by atomic mass is 10.3. The van der Waals surface area contributed by atoms with Gasteiger partial charge in [-0.25, -0.2) is 0 Å². The maximum atomic E-state index is 10.3. The predicted octanol–water partition coefficient (Wildman–Crippen LogP) is -0.907. The minimum Gasteiger partial charge on any atom is -0.871 e. The summed E-state index contributed by atoms with van der Waals surface area (Å²) in [4.78, 5) is 0. The van der Waals surface area contributed by atoms with Crippen molar-refractivity contribution in [3.05, 3.63) is 24.4 Å². The number of hydrogen-bond acceptors (Lipinski definition) is 3. The first-order valence-corrected chi connectivity index (χ1v) is 2.18. The largest absolute Gasteiger partial charge is 0.871 e. The van der Waals surface area contributed by atoms with Gasteiger partial charge >= 0.3 is 0 Å². The summed E-state index contributed by atoms with van der Waals surface area (Å²) in [5.74, 6) is -0.410. The van der Waals surface area contributed by atoms with Crippen molar-refractivity contribution >= 4 is 0 Å². The molecule has 8 heavy (non-hydrogen) atoms. The quantitative estimate of drug-likeness (QED) is 0.442. The fourth-order valence-corrected chi connectivity index (χ4v) is 0.391. The fraction of sp³-hybridized carbons (Fsp3) is 0.200. The normalized spacial score (nSPS) is 26.6. The van der Waals surface area contributed by atoms with E-state index in [1.54, 1.807) is 0 Å². The van der Waals surface area contributed by atoms with E-state index in [-0.39, 0.29) is 0 Å². The van der Waals surface area contributed by atoms with Crippen molar-refractivity contribution in [1.82, 2.24) is 0 Å². The van der Waals surface area contributed by atoms with Gasteiger partial charge in [-0.05, 0) is 6.08 Å². The standard InChI is InChI=1S/C5H6O3/c6-4-1-2-8-3-5(4)7/h1-4,6-7H/p-1. The summed E-state index contributed by atoms with van der Waals surface area (Å²) >= 11 is 0. The molecule has 0 amide bonds. The van der Waals surface area contributed by atoms with Gasteiger partial charge in [-0.1, -0.05) is 5.76 Å². The maximum Gasteiger partial charge on any atom is 0.0894 e. The molecule has 1 N–H and O–H groups in total. The smallest absolute Gasteiger partial charge is 0.0894 e. The van der Waals surface area contributed by atoms with Crippen molar-refractivity contribution in [1.29, 1.82) is 0 Å². The molecule has 1 aliphatic heterocycles. The maximum absolute atomic E-state index is 10.3.